The number of rotatable bonds is 8. The first-order valence-electron chi connectivity index (χ1n) is 6.82. The Morgan fingerprint density at radius 3 is 2.48 bits per heavy atom. The summed E-state index contributed by atoms with van der Waals surface area (Å²) in [5.41, 5.74) is 1.11. The van der Waals surface area contributed by atoms with E-state index in [4.69, 9.17) is 4.42 Å². The fraction of sp³-hybridized carbons (Fsp3) is 0.333. The molecular formula is C15H20N2O3S. The molecule has 0 saturated heterocycles. The topological polar surface area (TPSA) is 71.3 Å². The molecule has 2 aromatic rings. The van der Waals surface area contributed by atoms with Crippen molar-refractivity contribution in [2.45, 2.75) is 12.5 Å². The van der Waals surface area contributed by atoms with Gasteiger partial charge in [-0.05, 0) is 30.7 Å². The van der Waals surface area contributed by atoms with Crippen LogP contribution in [-0.2, 0) is 10.0 Å². The first-order chi connectivity index (χ1) is 10.1. The van der Waals surface area contributed by atoms with Crippen molar-refractivity contribution in [3.8, 4) is 0 Å². The zero-order valence-corrected chi connectivity index (χ0v) is 12.8. The molecular weight excluding hydrogens is 288 g/mol. The van der Waals surface area contributed by atoms with E-state index in [2.05, 4.69) is 10.0 Å². The number of benzene rings is 1. The third kappa shape index (κ3) is 5.34. The van der Waals surface area contributed by atoms with Crippen molar-refractivity contribution in [3.63, 3.8) is 0 Å². The van der Waals surface area contributed by atoms with Crippen molar-refractivity contribution in [3.05, 3.63) is 60.1 Å². The van der Waals surface area contributed by atoms with Crippen LogP contribution in [0.1, 0.15) is 23.8 Å². The van der Waals surface area contributed by atoms with Crippen molar-refractivity contribution >= 4 is 10.0 Å². The predicted molar refractivity (Wildman–Crippen MR) is 82.5 cm³/mol. The van der Waals surface area contributed by atoms with Crippen LogP contribution in [0.4, 0.5) is 0 Å². The molecule has 0 amide bonds. The minimum atomic E-state index is -3.12. The van der Waals surface area contributed by atoms with Crippen LogP contribution in [0.25, 0.3) is 0 Å². The smallest absolute Gasteiger partial charge is 0.208 e. The highest BCUT2D eigenvalue weighted by molar-refractivity contribution is 7.88. The second kappa shape index (κ2) is 7.40. The minimum Gasteiger partial charge on any atom is -0.467 e. The molecule has 0 bridgehead atoms. The van der Waals surface area contributed by atoms with E-state index in [0.717, 1.165) is 17.6 Å². The average Bonchev–Trinajstić information content (AvgIpc) is 2.96. The van der Waals surface area contributed by atoms with Gasteiger partial charge in [0.15, 0.2) is 0 Å². The second-order valence-electron chi connectivity index (χ2n) is 4.83. The van der Waals surface area contributed by atoms with Gasteiger partial charge < -0.3 is 9.73 Å². The van der Waals surface area contributed by atoms with Gasteiger partial charge in [0.05, 0.1) is 18.6 Å². The van der Waals surface area contributed by atoms with Gasteiger partial charge in [-0.2, -0.15) is 0 Å². The summed E-state index contributed by atoms with van der Waals surface area (Å²) in [6.45, 7) is 1.11. The van der Waals surface area contributed by atoms with E-state index >= 15 is 0 Å². The Bertz CT molecular complexity index is 624. The predicted octanol–water partition coefficient (Wildman–Crippen LogP) is 1.90. The zero-order valence-electron chi connectivity index (χ0n) is 12.0. The van der Waals surface area contributed by atoms with Crippen LogP contribution in [0.3, 0.4) is 0 Å². The highest BCUT2D eigenvalue weighted by Gasteiger charge is 2.15. The molecule has 2 rings (SSSR count). The van der Waals surface area contributed by atoms with Gasteiger partial charge in [0, 0.05) is 6.54 Å². The molecule has 1 unspecified atom stereocenters. The molecule has 0 saturated carbocycles. The van der Waals surface area contributed by atoms with Gasteiger partial charge in [0.25, 0.3) is 0 Å². The van der Waals surface area contributed by atoms with E-state index in [1.807, 2.05) is 42.5 Å². The summed E-state index contributed by atoms with van der Waals surface area (Å²) in [4.78, 5) is 0. The summed E-state index contributed by atoms with van der Waals surface area (Å²) in [5, 5.41) is 3.40. The standard InChI is InChI=1S/C15H20N2O3S/c1-21(18,19)17-11-6-10-16-15(14-9-5-12-20-14)13-7-3-2-4-8-13/h2-5,7-9,12,15-17H,6,10-11H2,1H3. The summed E-state index contributed by atoms with van der Waals surface area (Å²) >= 11 is 0. The lowest BCUT2D eigenvalue weighted by Crippen LogP contribution is -2.28. The van der Waals surface area contributed by atoms with Crippen molar-refractivity contribution in [2.75, 3.05) is 19.3 Å². The third-order valence-electron chi connectivity index (χ3n) is 3.03. The molecule has 0 spiro atoms. The van der Waals surface area contributed by atoms with E-state index in [0.29, 0.717) is 19.5 Å². The summed E-state index contributed by atoms with van der Waals surface area (Å²) in [6, 6.07) is 13.8. The van der Waals surface area contributed by atoms with Gasteiger partial charge in [0.2, 0.25) is 10.0 Å². The molecule has 2 N–H and O–H groups in total. The summed E-state index contributed by atoms with van der Waals surface area (Å²) < 4.78 is 29.9. The quantitative estimate of drug-likeness (QED) is 0.731. The van der Waals surface area contributed by atoms with Gasteiger partial charge >= 0.3 is 0 Å². The first kappa shape index (κ1) is 15.8. The molecule has 0 radical (unpaired) electrons. The Hall–Kier alpha value is -1.63. The lowest BCUT2D eigenvalue weighted by atomic mass is 10.0. The van der Waals surface area contributed by atoms with Crippen LogP contribution in [0.5, 0.6) is 0 Å². The van der Waals surface area contributed by atoms with E-state index in [-0.39, 0.29) is 6.04 Å². The number of nitrogens with one attached hydrogen (secondary N) is 2. The maximum absolute atomic E-state index is 11.0. The highest BCUT2D eigenvalue weighted by Crippen LogP contribution is 2.22. The van der Waals surface area contributed by atoms with E-state index in [1.54, 1.807) is 6.26 Å². The Balaban J connectivity index is 1.92. The number of hydrogen-bond acceptors (Lipinski definition) is 4. The van der Waals surface area contributed by atoms with Gasteiger partial charge in [0.1, 0.15) is 5.76 Å². The molecule has 1 aromatic heterocycles. The van der Waals surface area contributed by atoms with Crippen LogP contribution in [-0.4, -0.2) is 27.8 Å². The van der Waals surface area contributed by atoms with Gasteiger partial charge in [-0.3, -0.25) is 0 Å². The molecule has 6 heteroatoms. The molecule has 0 fully saturated rings. The summed E-state index contributed by atoms with van der Waals surface area (Å²) in [7, 11) is -3.12. The normalized spacial score (nSPS) is 13.2. The second-order valence-corrected chi connectivity index (χ2v) is 6.67. The lowest BCUT2D eigenvalue weighted by molar-refractivity contribution is 0.444. The minimum absolute atomic E-state index is 0.0283. The fourth-order valence-corrected chi connectivity index (χ4v) is 2.59. The molecule has 1 aromatic carbocycles. The Labute approximate surface area is 125 Å². The van der Waals surface area contributed by atoms with Crippen LogP contribution in [0.15, 0.2) is 53.1 Å². The van der Waals surface area contributed by atoms with E-state index < -0.39 is 10.0 Å². The molecule has 21 heavy (non-hydrogen) atoms. The van der Waals surface area contributed by atoms with Crippen LogP contribution >= 0.6 is 0 Å². The van der Waals surface area contributed by atoms with Crippen molar-refractivity contribution in [1.29, 1.82) is 0 Å². The molecule has 114 valence electrons. The Morgan fingerprint density at radius 1 is 1.10 bits per heavy atom. The van der Waals surface area contributed by atoms with Gasteiger partial charge in [-0.25, -0.2) is 13.1 Å². The number of hydrogen-bond donors (Lipinski definition) is 2. The summed E-state index contributed by atoms with van der Waals surface area (Å²) in [5.74, 6) is 0.845. The lowest BCUT2D eigenvalue weighted by Gasteiger charge is -2.17. The highest BCUT2D eigenvalue weighted by atomic mass is 32.2. The van der Waals surface area contributed by atoms with Crippen LogP contribution in [0.2, 0.25) is 0 Å². The SMILES string of the molecule is CS(=O)(=O)NCCCNC(c1ccccc1)c1ccco1. The molecule has 0 aliphatic rings. The average molecular weight is 308 g/mol. The number of sulfonamides is 1. The Kier molecular flexibility index (Phi) is 5.55. The largest absolute Gasteiger partial charge is 0.467 e. The monoisotopic (exact) mass is 308 g/mol. The maximum Gasteiger partial charge on any atom is 0.208 e. The molecule has 0 aliphatic carbocycles. The van der Waals surface area contributed by atoms with Crippen molar-refractivity contribution < 1.29 is 12.8 Å². The maximum atomic E-state index is 11.0. The Morgan fingerprint density at radius 2 is 1.86 bits per heavy atom. The molecule has 5 nitrogen and oxygen atoms in total. The van der Waals surface area contributed by atoms with Crippen LogP contribution in [0, 0.1) is 0 Å². The summed E-state index contributed by atoms with van der Waals surface area (Å²) in [6.07, 6.45) is 3.52. The van der Waals surface area contributed by atoms with Gasteiger partial charge in [-0.15, -0.1) is 0 Å². The zero-order chi connectivity index (χ0) is 15.1. The first-order valence-corrected chi connectivity index (χ1v) is 8.72. The van der Waals surface area contributed by atoms with Crippen molar-refractivity contribution in [2.24, 2.45) is 0 Å². The van der Waals surface area contributed by atoms with Crippen LogP contribution < -0.4 is 10.0 Å². The van der Waals surface area contributed by atoms with Gasteiger partial charge in [-0.1, -0.05) is 30.3 Å². The number of furan rings is 1. The molecule has 0 aliphatic heterocycles. The third-order valence-corrected chi connectivity index (χ3v) is 3.76. The molecule has 1 heterocycles. The van der Waals surface area contributed by atoms with E-state index in [1.165, 1.54) is 0 Å². The van der Waals surface area contributed by atoms with Crippen molar-refractivity contribution in [1.82, 2.24) is 10.0 Å². The molecule has 1 atom stereocenters. The fourth-order valence-electron chi connectivity index (χ4n) is 2.08. The van der Waals surface area contributed by atoms with E-state index in [9.17, 15) is 8.42 Å².